The molecule has 17 nitrogen and oxygen atoms in total. The van der Waals surface area contributed by atoms with Crippen molar-refractivity contribution in [3.8, 4) is 28.9 Å². The Morgan fingerprint density at radius 3 is 2.14 bits per heavy atom. The Morgan fingerprint density at radius 2 is 1.41 bits per heavy atom. The summed E-state index contributed by atoms with van der Waals surface area (Å²) in [6.07, 6.45) is 4.80. The van der Waals surface area contributed by atoms with Crippen LogP contribution in [0.25, 0.3) is 34.6 Å². The van der Waals surface area contributed by atoms with Crippen LogP contribution < -0.4 is 27.2 Å². The first kappa shape index (κ1) is 31.3. The number of hydrazine groups is 1. The number of aromatic hydroxyl groups is 1. The monoisotopic (exact) mass is 684 g/mol. The fraction of sp³-hybridized carbons (Fsp3) is 0.147. The average molecular weight is 685 g/mol. The van der Waals surface area contributed by atoms with Gasteiger partial charge in [0.05, 0.1) is 18.1 Å². The molecule has 8 aromatic rings. The summed E-state index contributed by atoms with van der Waals surface area (Å²) in [7, 11) is 0. The number of furan rings is 2. The van der Waals surface area contributed by atoms with E-state index in [2.05, 4.69) is 58.0 Å². The van der Waals surface area contributed by atoms with Crippen molar-refractivity contribution in [3.05, 3.63) is 108 Å². The lowest BCUT2D eigenvalue weighted by atomic mass is 10.1. The van der Waals surface area contributed by atoms with Gasteiger partial charge in [-0.3, -0.25) is 5.01 Å². The van der Waals surface area contributed by atoms with Crippen LogP contribution >= 0.6 is 0 Å². The fourth-order valence-corrected chi connectivity index (χ4v) is 5.58. The van der Waals surface area contributed by atoms with Gasteiger partial charge >= 0.3 is 0 Å². The van der Waals surface area contributed by atoms with E-state index in [1.807, 2.05) is 41.4 Å². The molecule has 6 aromatic heterocycles. The maximum Gasteiger partial charge on any atom is 0.259 e. The lowest BCUT2D eigenvalue weighted by Gasteiger charge is -2.18. The molecule has 1 aliphatic heterocycles. The predicted molar refractivity (Wildman–Crippen MR) is 188 cm³/mol. The third-order valence-electron chi connectivity index (χ3n) is 8.10. The summed E-state index contributed by atoms with van der Waals surface area (Å²) >= 11 is 0. The Balaban J connectivity index is 0.000000147. The summed E-state index contributed by atoms with van der Waals surface area (Å²) < 4.78 is 13.6. The summed E-state index contributed by atoms with van der Waals surface area (Å²) in [6.45, 7) is 2.04. The number of nitrogens with one attached hydrogen (secondary N) is 2. The second kappa shape index (κ2) is 13.5. The van der Waals surface area contributed by atoms with Gasteiger partial charge in [0.1, 0.15) is 5.75 Å². The summed E-state index contributed by atoms with van der Waals surface area (Å²) in [5.74, 6) is 4.29. The molecule has 51 heavy (non-hydrogen) atoms. The molecule has 0 aliphatic carbocycles. The van der Waals surface area contributed by atoms with E-state index in [1.165, 1.54) is 10.1 Å². The van der Waals surface area contributed by atoms with E-state index in [4.69, 9.17) is 20.3 Å². The van der Waals surface area contributed by atoms with Gasteiger partial charge in [-0.05, 0) is 60.4 Å². The lowest BCUT2D eigenvalue weighted by Crippen LogP contribution is -2.34. The molecule has 0 bridgehead atoms. The first-order valence-corrected chi connectivity index (χ1v) is 16.1. The van der Waals surface area contributed by atoms with Gasteiger partial charge in [-0.2, -0.15) is 29.0 Å². The minimum Gasteiger partial charge on any atom is -0.508 e. The number of phenolic OH excluding ortho intramolecular Hbond substituents is 1. The van der Waals surface area contributed by atoms with Crippen molar-refractivity contribution < 1.29 is 13.9 Å². The molecule has 0 unspecified atom stereocenters. The zero-order valence-electron chi connectivity index (χ0n) is 27.1. The van der Waals surface area contributed by atoms with Gasteiger partial charge in [0.15, 0.2) is 23.0 Å². The molecule has 0 amide bonds. The summed E-state index contributed by atoms with van der Waals surface area (Å²) in [5.41, 5.74) is 19.5. The van der Waals surface area contributed by atoms with E-state index in [0.717, 1.165) is 36.3 Å². The molecule has 0 spiro atoms. The van der Waals surface area contributed by atoms with Gasteiger partial charge in [-0.15, -0.1) is 10.2 Å². The van der Waals surface area contributed by atoms with Gasteiger partial charge < -0.3 is 30.7 Å². The number of anilines is 4. The minimum absolute atomic E-state index is 0.183. The highest BCUT2D eigenvalue weighted by atomic mass is 16.3. The van der Waals surface area contributed by atoms with E-state index in [9.17, 15) is 5.11 Å². The number of nitrogens with zero attached hydrogens (tertiary/aromatic N) is 10. The van der Waals surface area contributed by atoms with E-state index >= 15 is 0 Å². The maximum absolute atomic E-state index is 9.29. The third kappa shape index (κ3) is 6.55. The summed E-state index contributed by atoms with van der Waals surface area (Å²) in [4.78, 5) is 22.0. The third-order valence-corrected chi connectivity index (χ3v) is 8.10. The van der Waals surface area contributed by atoms with Crippen molar-refractivity contribution in [2.24, 2.45) is 0 Å². The van der Waals surface area contributed by atoms with Gasteiger partial charge in [0.25, 0.3) is 5.78 Å². The zero-order chi connectivity index (χ0) is 34.7. The maximum atomic E-state index is 9.29. The van der Waals surface area contributed by atoms with Gasteiger partial charge in [0, 0.05) is 19.6 Å². The molecule has 2 aromatic carbocycles. The molecule has 0 fully saturated rings. The number of nitrogens with two attached hydrogens (primary N) is 2. The first-order valence-electron chi connectivity index (χ1n) is 16.1. The molecule has 7 N–H and O–H groups in total. The quantitative estimate of drug-likeness (QED) is 0.146. The lowest BCUT2D eigenvalue weighted by molar-refractivity contribution is 0.475. The standard InChI is InChI=1S/C18H17N7O.C16H15N7O2/c19-18-22-16-13(11-20-24(16)9-8-12-5-2-1-3-6-12)17-21-15(23-25(17)18)14-7-4-10-26-14;17-14-20-15(18-8-7-10-3-5-11(24)6-4-10)21-16-19-13(22-23(14)16)12-2-1-9-25-12/h1-7,10,20H,8-9,11H2,(H2,19,22);1-6,9,24H,7-8H2,(H3,17,18,19,20,21,22). The Bertz CT molecular complexity index is 2390. The number of phenols is 1. The van der Waals surface area contributed by atoms with Crippen LogP contribution in [0.2, 0.25) is 0 Å². The molecule has 17 heteroatoms. The van der Waals surface area contributed by atoms with Crippen LogP contribution in [0.1, 0.15) is 16.7 Å². The molecule has 0 radical (unpaired) electrons. The number of fused-ring (bicyclic) bond motifs is 4. The fourth-order valence-electron chi connectivity index (χ4n) is 5.58. The second-order valence-corrected chi connectivity index (χ2v) is 11.5. The van der Waals surface area contributed by atoms with Crippen molar-refractivity contribution in [1.82, 2.24) is 49.6 Å². The Kier molecular flexibility index (Phi) is 8.26. The largest absolute Gasteiger partial charge is 0.508 e. The molecule has 0 atom stereocenters. The number of benzene rings is 2. The van der Waals surface area contributed by atoms with Crippen molar-refractivity contribution in [2.45, 2.75) is 19.4 Å². The highest BCUT2D eigenvalue weighted by Crippen LogP contribution is 2.29. The van der Waals surface area contributed by atoms with E-state index in [-0.39, 0.29) is 11.7 Å². The van der Waals surface area contributed by atoms with Crippen LogP contribution in [0.15, 0.2) is 100 Å². The van der Waals surface area contributed by atoms with Crippen LogP contribution in [-0.2, 0) is 19.4 Å². The summed E-state index contributed by atoms with van der Waals surface area (Å²) in [6, 6.07) is 24.5. The highest BCUT2D eigenvalue weighted by Gasteiger charge is 2.27. The SMILES string of the molecule is Nc1nc(NCCc2ccc(O)cc2)nc2nc(-c3ccco3)nn12.Nc1nc2c(c3nc(-c4ccco4)nn13)CNN2CCc1ccccc1. The van der Waals surface area contributed by atoms with Crippen molar-refractivity contribution in [1.29, 1.82) is 0 Å². The van der Waals surface area contributed by atoms with Crippen molar-refractivity contribution in [2.75, 3.05) is 34.9 Å². The van der Waals surface area contributed by atoms with Gasteiger partial charge in [-0.1, -0.05) is 42.5 Å². The molecule has 1 aliphatic rings. The average Bonchev–Trinajstić information content (AvgIpc) is 3.98. The van der Waals surface area contributed by atoms with Crippen LogP contribution in [-0.4, -0.2) is 62.3 Å². The molecule has 0 saturated heterocycles. The number of rotatable bonds is 9. The smallest absolute Gasteiger partial charge is 0.259 e. The van der Waals surface area contributed by atoms with E-state index in [0.29, 0.717) is 59.6 Å². The molecular weight excluding hydrogens is 652 g/mol. The highest BCUT2D eigenvalue weighted by molar-refractivity contribution is 5.68. The van der Waals surface area contributed by atoms with Gasteiger partial charge in [0.2, 0.25) is 29.5 Å². The zero-order valence-corrected chi connectivity index (χ0v) is 27.1. The van der Waals surface area contributed by atoms with Gasteiger partial charge in [-0.25, -0.2) is 10.4 Å². The molecular formula is C34H32N14O3. The molecule has 0 saturated carbocycles. The van der Waals surface area contributed by atoms with Crippen LogP contribution in [0.5, 0.6) is 5.75 Å². The number of hydrogen-bond acceptors (Lipinski definition) is 15. The van der Waals surface area contributed by atoms with Crippen LogP contribution in [0, 0.1) is 0 Å². The normalized spacial score (nSPS) is 12.3. The minimum atomic E-state index is 0.183. The topological polar surface area (TPSA) is 225 Å². The van der Waals surface area contributed by atoms with E-state index in [1.54, 1.807) is 47.4 Å². The van der Waals surface area contributed by atoms with Crippen molar-refractivity contribution in [3.63, 3.8) is 0 Å². The number of aromatic nitrogens is 9. The van der Waals surface area contributed by atoms with Crippen LogP contribution in [0.4, 0.5) is 23.7 Å². The predicted octanol–water partition coefficient (Wildman–Crippen LogP) is 3.76. The summed E-state index contributed by atoms with van der Waals surface area (Å²) in [5, 5.41) is 23.1. The number of nitrogen functional groups attached to an aromatic ring is 2. The Morgan fingerprint density at radius 1 is 0.725 bits per heavy atom. The second-order valence-electron chi connectivity index (χ2n) is 11.5. The first-order chi connectivity index (χ1) is 25.0. The molecule has 9 rings (SSSR count). The van der Waals surface area contributed by atoms with Crippen molar-refractivity contribution >= 4 is 35.1 Å². The Hall–Kier alpha value is -7.01. The van der Waals surface area contributed by atoms with E-state index < -0.39 is 0 Å². The molecule has 256 valence electrons. The van der Waals surface area contributed by atoms with Crippen LogP contribution in [0.3, 0.4) is 0 Å². The number of hydrogen-bond donors (Lipinski definition) is 5. The Labute approximate surface area is 289 Å². The molecule has 7 heterocycles.